The third kappa shape index (κ3) is 10.4. The van der Waals surface area contributed by atoms with E-state index in [2.05, 4.69) is 27.5 Å². The second-order valence-corrected chi connectivity index (χ2v) is 11.1. The van der Waals surface area contributed by atoms with Crippen LogP contribution in [-0.2, 0) is 22.5 Å². The lowest BCUT2D eigenvalue weighted by Crippen LogP contribution is -2.37. The van der Waals surface area contributed by atoms with Crippen molar-refractivity contribution < 1.29 is 23.9 Å². The van der Waals surface area contributed by atoms with Gasteiger partial charge in [-0.3, -0.25) is 19.8 Å². The van der Waals surface area contributed by atoms with Crippen LogP contribution in [0.25, 0.3) is 0 Å². The van der Waals surface area contributed by atoms with Gasteiger partial charge in [-0.2, -0.15) is 0 Å². The van der Waals surface area contributed by atoms with Gasteiger partial charge < -0.3 is 14.2 Å². The zero-order valence-electron chi connectivity index (χ0n) is 21.1. The highest BCUT2D eigenvalue weighted by molar-refractivity contribution is 14.1. The largest absolute Gasteiger partial charge is 0.497 e. The highest BCUT2D eigenvalue weighted by Gasteiger charge is 2.22. The molecule has 2 aromatic rings. The molecule has 0 fully saturated rings. The van der Waals surface area contributed by atoms with Crippen molar-refractivity contribution >= 4 is 34.2 Å². The summed E-state index contributed by atoms with van der Waals surface area (Å²) in [5, 5.41) is 10.8. The number of nitrogens with zero attached hydrogens (tertiary/aromatic N) is 2. The van der Waals surface area contributed by atoms with E-state index in [1.54, 1.807) is 26.4 Å². The summed E-state index contributed by atoms with van der Waals surface area (Å²) in [6.07, 6.45) is 2.73. The lowest BCUT2D eigenvalue weighted by Gasteiger charge is -2.27. The molecular weight excluding hydrogens is 563 g/mol. The third-order valence-corrected chi connectivity index (χ3v) is 6.26. The number of carbonyl (C=O) groups excluding carboxylic acids is 1. The van der Waals surface area contributed by atoms with Crippen LogP contribution in [0.1, 0.15) is 44.7 Å². The average molecular weight is 598 g/mol. The van der Waals surface area contributed by atoms with E-state index < -0.39 is 5.60 Å². The molecule has 1 atom stereocenters. The Morgan fingerprint density at radius 3 is 2.37 bits per heavy atom. The lowest BCUT2D eigenvalue weighted by atomic mass is 10.1. The van der Waals surface area contributed by atoms with Crippen molar-refractivity contribution in [2.75, 3.05) is 27.3 Å². The number of methoxy groups -OCH3 is 2. The third-order valence-electron chi connectivity index (χ3n) is 5.25. The zero-order valence-corrected chi connectivity index (χ0v) is 23.2. The van der Waals surface area contributed by atoms with E-state index in [-0.39, 0.29) is 23.1 Å². The van der Waals surface area contributed by atoms with Crippen LogP contribution in [0.5, 0.6) is 11.5 Å². The van der Waals surface area contributed by atoms with Gasteiger partial charge in [0.25, 0.3) is 5.69 Å². The predicted octanol–water partition coefficient (Wildman–Crippen LogP) is 5.58. The number of hydrogen-bond acceptors (Lipinski definition) is 7. The molecule has 0 aliphatic carbocycles. The molecule has 9 heteroatoms. The molecule has 1 unspecified atom stereocenters. The number of ether oxygens (including phenoxy) is 3. The summed E-state index contributed by atoms with van der Waals surface area (Å²) in [4.78, 5) is 25.1. The Morgan fingerprint density at radius 1 is 1.11 bits per heavy atom. The first kappa shape index (κ1) is 28.8. The minimum absolute atomic E-state index is 0.104. The summed E-state index contributed by atoms with van der Waals surface area (Å²) in [6, 6.07) is 12.4. The van der Waals surface area contributed by atoms with Gasteiger partial charge in [-0.1, -0.05) is 40.8 Å². The van der Waals surface area contributed by atoms with Crippen LogP contribution >= 0.6 is 22.6 Å². The van der Waals surface area contributed by atoms with E-state index in [1.807, 2.05) is 51.1 Å². The van der Waals surface area contributed by atoms with E-state index in [4.69, 9.17) is 14.2 Å². The maximum atomic E-state index is 12.6. The molecule has 2 aromatic carbocycles. The summed E-state index contributed by atoms with van der Waals surface area (Å²) in [5.41, 5.74) is 1.60. The minimum atomic E-state index is -0.547. The number of nitro benzene ring substituents is 1. The van der Waals surface area contributed by atoms with Gasteiger partial charge in [0.15, 0.2) is 0 Å². The maximum Gasteiger partial charge on any atom is 0.320 e. The van der Waals surface area contributed by atoms with Gasteiger partial charge in [0.05, 0.1) is 25.7 Å². The Balaban J connectivity index is 2.02. The van der Waals surface area contributed by atoms with Crippen LogP contribution < -0.4 is 9.47 Å². The molecule has 0 saturated heterocycles. The molecule has 0 N–H and O–H groups in total. The highest BCUT2D eigenvalue weighted by atomic mass is 127. The molecule has 0 heterocycles. The fraction of sp³-hybridized carbons (Fsp3) is 0.500. The predicted molar refractivity (Wildman–Crippen MR) is 145 cm³/mol. The first-order valence-electron chi connectivity index (χ1n) is 11.5. The Morgan fingerprint density at radius 2 is 1.80 bits per heavy atom. The number of non-ortho nitro benzene ring substituents is 1. The van der Waals surface area contributed by atoms with Gasteiger partial charge in [-0.05, 0) is 51.7 Å². The Bertz CT molecular complexity index is 975. The van der Waals surface area contributed by atoms with Crippen molar-refractivity contribution in [3.05, 3.63) is 63.7 Å². The first-order chi connectivity index (χ1) is 16.5. The molecule has 35 heavy (non-hydrogen) atoms. The van der Waals surface area contributed by atoms with Crippen LogP contribution in [0.15, 0.2) is 42.5 Å². The second kappa shape index (κ2) is 13.6. The van der Waals surface area contributed by atoms with Crippen LogP contribution in [0, 0.1) is 10.1 Å². The number of hydrogen-bond donors (Lipinski definition) is 0. The monoisotopic (exact) mass is 598 g/mol. The lowest BCUT2D eigenvalue weighted by molar-refractivity contribution is -0.384. The number of rotatable bonds is 13. The van der Waals surface area contributed by atoms with E-state index in [0.717, 1.165) is 30.4 Å². The van der Waals surface area contributed by atoms with Gasteiger partial charge in [-0.15, -0.1) is 0 Å². The van der Waals surface area contributed by atoms with Crippen LogP contribution in [0.4, 0.5) is 5.69 Å². The van der Waals surface area contributed by atoms with E-state index >= 15 is 0 Å². The standard InChI is InChI=1S/C26H35IN2O6/c1-26(2,3)35-25(30)18-28(16-20-11-14-23(33-4)15-24(20)34-5)17-21(27)8-6-7-19-9-12-22(13-10-19)29(31)32/h9-15,21H,6-8,16-18H2,1-5H3. The van der Waals surface area contributed by atoms with Crippen molar-refractivity contribution in [1.82, 2.24) is 4.90 Å². The quantitative estimate of drug-likeness (QED) is 0.0978. The summed E-state index contributed by atoms with van der Waals surface area (Å²) in [5.74, 6) is 1.16. The Hall–Kier alpha value is -2.40. The number of carbonyl (C=O) groups is 1. The molecule has 0 saturated carbocycles. The van der Waals surface area contributed by atoms with Gasteiger partial charge in [-0.25, -0.2) is 0 Å². The van der Waals surface area contributed by atoms with Crippen LogP contribution in [0.2, 0.25) is 0 Å². The van der Waals surface area contributed by atoms with Gasteiger partial charge in [0.1, 0.15) is 17.1 Å². The normalized spacial score (nSPS) is 12.3. The molecule has 0 aliphatic rings. The molecule has 0 aliphatic heterocycles. The first-order valence-corrected chi connectivity index (χ1v) is 12.8. The van der Waals surface area contributed by atoms with E-state index in [9.17, 15) is 14.9 Å². The second-order valence-electron chi connectivity index (χ2n) is 9.35. The maximum absolute atomic E-state index is 12.6. The molecule has 0 radical (unpaired) electrons. The van der Waals surface area contributed by atoms with Crippen LogP contribution in [-0.4, -0.2) is 52.6 Å². The number of nitro groups is 1. The summed E-state index contributed by atoms with van der Waals surface area (Å²) < 4.78 is 16.7. The molecule has 0 amide bonds. The van der Waals surface area contributed by atoms with E-state index in [0.29, 0.717) is 28.5 Å². The summed E-state index contributed by atoms with van der Waals surface area (Å²) >= 11 is 2.43. The minimum Gasteiger partial charge on any atom is -0.497 e. The van der Waals surface area contributed by atoms with Crippen molar-refractivity contribution in [3.63, 3.8) is 0 Å². The Kier molecular flexibility index (Phi) is 11.2. The Labute approximate surface area is 221 Å². The van der Waals surface area contributed by atoms with Crippen molar-refractivity contribution in [2.45, 2.75) is 56.1 Å². The number of benzene rings is 2. The van der Waals surface area contributed by atoms with Crippen molar-refractivity contribution in [1.29, 1.82) is 0 Å². The zero-order chi connectivity index (χ0) is 26.0. The SMILES string of the molecule is COc1ccc(CN(CC(=O)OC(C)(C)C)CC(I)CCCc2ccc([N+](=O)[O-])cc2)c(OC)c1. The summed E-state index contributed by atoms with van der Waals surface area (Å²) in [7, 11) is 3.23. The molecule has 2 rings (SSSR count). The number of aryl methyl sites for hydroxylation is 1. The molecular formula is C26H35IN2O6. The van der Waals surface area contributed by atoms with Crippen LogP contribution in [0.3, 0.4) is 0 Å². The highest BCUT2D eigenvalue weighted by Crippen LogP contribution is 2.26. The van der Waals surface area contributed by atoms with Gasteiger partial charge >= 0.3 is 5.97 Å². The number of halogens is 1. The molecule has 192 valence electrons. The van der Waals surface area contributed by atoms with Gasteiger partial charge in [0, 0.05) is 40.8 Å². The van der Waals surface area contributed by atoms with Crippen molar-refractivity contribution in [2.24, 2.45) is 0 Å². The fourth-order valence-electron chi connectivity index (χ4n) is 3.65. The smallest absolute Gasteiger partial charge is 0.320 e. The fourth-order valence-corrected chi connectivity index (χ4v) is 4.65. The molecule has 8 nitrogen and oxygen atoms in total. The van der Waals surface area contributed by atoms with Gasteiger partial charge in [0.2, 0.25) is 0 Å². The average Bonchev–Trinajstić information content (AvgIpc) is 2.78. The topological polar surface area (TPSA) is 91.1 Å². The number of esters is 1. The molecule has 0 bridgehead atoms. The summed E-state index contributed by atoms with van der Waals surface area (Å²) in [6.45, 7) is 7.00. The molecule has 0 spiro atoms. The van der Waals surface area contributed by atoms with Crippen molar-refractivity contribution in [3.8, 4) is 11.5 Å². The molecule has 0 aromatic heterocycles. The van der Waals surface area contributed by atoms with E-state index in [1.165, 1.54) is 0 Å². The number of alkyl halides is 1.